The maximum absolute atomic E-state index is 11.2. The summed E-state index contributed by atoms with van der Waals surface area (Å²) in [5.74, 6) is -0.497. The van der Waals surface area contributed by atoms with Crippen molar-refractivity contribution in [3.05, 3.63) is 28.9 Å². The van der Waals surface area contributed by atoms with E-state index in [1.54, 1.807) is 13.8 Å². The van der Waals surface area contributed by atoms with E-state index in [2.05, 4.69) is 4.98 Å². The van der Waals surface area contributed by atoms with Crippen LogP contribution in [0.1, 0.15) is 23.1 Å². The summed E-state index contributed by atoms with van der Waals surface area (Å²) in [6.07, 6.45) is 0. The predicted octanol–water partition coefficient (Wildman–Crippen LogP) is 2.07. The van der Waals surface area contributed by atoms with Gasteiger partial charge >= 0.3 is 5.97 Å². The second kappa shape index (κ2) is 4.58. The number of aromatic carboxylic acids is 1. The third-order valence-corrected chi connectivity index (χ3v) is 3.08. The van der Waals surface area contributed by atoms with Gasteiger partial charge in [0.15, 0.2) is 11.5 Å². The lowest BCUT2D eigenvalue weighted by molar-refractivity contribution is 0.0612. The number of aryl methyl sites for hydroxylation is 1. The molecule has 2 aromatic rings. The van der Waals surface area contributed by atoms with Gasteiger partial charge in [0.2, 0.25) is 0 Å². The number of nitrogens with zero attached hydrogens (tertiary/aromatic N) is 2. The highest BCUT2D eigenvalue weighted by Crippen LogP contribution is 2.25. The summed E-state index contributed by atoms with van der Waals surface area (Å²) in [6, 6.07) is 3.77. The smallest absolute Gasteiger partial charge is 0.357 e. The summed E-state index contributed by atoms with van der Waals surface area (Å²) < 4.78 is 1.30. The van der Waals surface area contributed by atoms with Crippen molar-refractivity contribution < 1.29 is 14.7 Å². The van der Waals surface area contributed by atoms with Crippen molar-refractivity contribution in [1.29, 1.82) is 0 Å². The van der Waals surface area contributed by atoms with Crippen LogP contribution in [-0.4, -0.2) is 27.4 Å². The van der Waals surface area contributed by atoms with Crippen LogP contribution in [0.25, 0.3) is 10.7 Å². The average Bonchev–Trinajstić information content (AvgIpc) is 2.86. The van der Waals surface area contributed by atoms with E-state index >= 15 is 0 Å². The molecule has 0 unspecified atom stereocenters. The third kappa shape index (κ3) is 2.03. The Bertz CT molecular complexity index is 531. The SMILES string of the molecule is CCOn1c(-c2cccs2)nc(C)c1C(=O)O. The van der Waals surface area contributed by atoms with Crippen LogP contribution in [0.2, 0.25) is 0 Å². The highest BCUT2D eigenvalue weighted by atomic mass is 32.1. The molecular weight excluding hydrogens is 240 g/mol. The molecule has 0 atom stereocenters. The first-order chi connectivity index (χ1) is 8.15. The van der Waals surface area contributed by atoms with Gasteiger partial charge in [-0.25, -0.2) is 9.78 Å². The van der Waals surface area contributed by atoms with Gasteiger partial charge in [-0.05, 0) is 25.3 Å². The van der Waals surface area contributed by atoms with Crippen molar-refractivity contribution in [3.63, 3.8) is 0 Å². The topological polar surface area (TPSA) is 64.4 Å². The quantitative estimate of drug-likeness (QED) is 0.904. The number of rotatable bonds is 4. The van der Waals surface area contributed by atoms with Crippen LogP contribution in [0, 0.1) is 6.92 Å². The lowest BCUT2D eigenvalue weighted by atomic mass is 10.3. The van der Waals surface area contributed by atoms with Gasteiger partial charge in [-0.15, -0.1) is 11.3 Å². The molecule has 2 heterocycles. The van der Waals surface area contributed by atoms with Crippen LogP contribution in [0.4, 0.5) is 0 Å². The van der Waals surface area contributed by atoms with E-state index < -0.39 is 5.97 Å². The first-order valence-electron chi connectivity index (χ1n) is 5.15. The van der Waals surface area contributed by atoms with Crippen LogP contribution in [-0.2, 0) is 0 Å². The molecule has 6 heteroatoms. The maximum atomic E-state index is 11.2. The Morgan fingerprint density at radius 1 is 1.65 bits per heavy atom. The molecule has 0 saturated heterocycles. The number of carbonyl (C=O) groups is 1. The Morgan fingerprint density at radius 2 is 2.41 bits per heavy atom. The number of imidazole rings is 1. The number of carboxylic acids is 1. The van der Waals surface area contributed by atoms with Crippen LogP contribution in [0.5, 0.6) is 0 Å². The third-order valence-electron chi connectivity index (χ3n) is 2.21. The van der Waals surface area contributed by atoms with Crippen LogP contribution in [0.15, 0.2) is 17.5 Å². The van der Waals surface area contributed by atoms with E-state index in [9.17, 15) is 4.79 Å². The Balaban J connectivity index is 2.60. The zero-order valence-electron chi connectivity index (χ0n) is 9.51. The minimum Gasteiger partial charge on any atom is -0.476 e. The van der Waals surface area contributed by atoms with E-state index in [-0.39, 0.29) is 5.69 Å². The fraction of sp³-hybridized carbons (Fsp3) is 0.273. The van der Waals surface area contributed by atoms with Crippen LogP contribution in [0.3, 0.4) is 0 Å². The van der Waals surface area contributed by atoms with Gasteiger partial charge in [-0.1, -0.05) is 6.07 Å². The number of carboxylic acid groups (broad SMARTS) is 1. The van der Waals surface area contributed by atoms with Gasteiger partial charge in [-0.3, -0.25) is 0 Å². The molecule has 0 spiro atoms. The Hall–Kier alpha value is -1.82. The minimum atomic E-state index is -1.04. The van der Waals surface area contributed by atoms with Crippen LogP contribution < -0.4 is 4.84 Å². The molecule has 2 rings (SSSR count). The highest BCUT2D eigenvalue weighted by Gasteiger charge is 2.22. The van der Waals surface area contributed by atoms with Crippen molar-refractivity contribution in [2.75, 3.05) is 6.61 Å². The first kappa shape index (κ1) is 11.7. The number of aromatic nitrogens is 2. The first-order valence-corrected chi connectivity index (χ1v) is 6.03. The van der Waals surface area contributed by atoms with Crippen molar-refractivity contribution in [1.82, 2.24) is 9.71 Å². The monoisotopic (exact) mass is 252 g/mol. The molecule has 0 aliphatic carbocycles. The second-order valence-electron chi connectivity index (χ2n) is 3.36. The molecule has 1 N–H and O–H groups in total. The molecule has 5 nitrogen and oxygen atoms in total. The summed E-state index contributed by atoms with van der Waals surface area (Å²) in [5.41, 5.74) is 0.532. The highest BCUT2D eigenvalue weighted by molar-refractivity contribution is 7.13. The van der Waals surface area contributed by atoms with Crippen LogP contribution >= 0.6 is 11.3 Å². The van der Waals surface area contributed by atoms with Gasteiger partial charge in [0, 0.05) is 0 Å². The van der Waals surface area contributed by atoms with E-state index in [4.69, 9.17) is 9.94 Å². The number of thiophene rings is 1. The normalized spacial score (nSPS) is 10.5. The molecular formula is C11H12N2O3S. The fourth-order valence-electron chi connectivity index (χ4n) is 1.57. The molecule has 0 saturated carbocycles. The largest absolute Gasteiger partial charge is 0.476 e. The van der Waals surface area contributed by atoms with E-state index in [0.717, 1.165) is 4.88 Å². The summed E-state index contributed by atoms with van der Waals surface area (Å²) in [7, 11) is 0. The molecule has 0 aliphatic heterocycles. The summed E-state index contributed by atoms with van der Waals surface area (Å²) in [6.45, 7) is 3.85. The Kier molecular flexibility index (Phi) is 3.14. The van der Waals surface area contributed by atoms with Gasteiger partial charge < -0.3 is 9.94 Å². The number of hydrogen-bond acceptors (Lipinski definition) is 4. The molecule has 17 heavy (non-hydrogen) atoms. The Labute approximate surface area is 102 Å². The molecule has 0 radical (unpaired) electrons. The van der Waals surface area contributed by atoms with Gasteiger partial charge in [0.05, 0.1) is 10.6 Å². The molecule has 0 aromatic carbocycles. The van der Waals surface area contributed by atoms with E-state index in [1.807, 2.05) is 17.5 Å². The molecule has 2 aromatic heterocycles. The fourth-order valence-corrected chi connectivity index (χ4v) is 2.26. The second-order valence-corrected chi connectivity index (χ2v) is 4.31. The van der Waals surface area contributed by atoms with E-state index in [1.165, 1.54) is 16.1 Å². The van der Waals surface area contributed by atoms with Crippen molar-refractivity contribution in [2.24, 2.45) is 0 Å². The summed E-state index contributed by atoms with van der Waals surface area (Å²) in [5, 5.41) is 11.1. The molecule has 0 aliphatic rings. The molecule has 90 valence electrons. The van der Waals surface area contributed by atoms with E-state index in [0.29, 0.717) is 18.1 Å². The maximum Gasteiger partial charge on any atom is 0.357 e. The van der Waals surface area contributed by atoms with Gasteiger partial charge in [-0.2, -0.15) is 4.73 Å². The Morgan fingerprint density at radius 3 is 2.94 bits per heavy atom. The van der Waals surface area contributed by atoms with Gasteiger partial charge in [0.1, 0.15) is 6.61 Å². The van der Waals surface area contributed by atoms with Crippen molar-refractivity contribution in [3.8, 4) is 10.7 Å². The van der Waals surface area contributed by atoms with Crippen molar-refractivity contribution in [2.45, 2.75) is 13.8 Å². The molecule has 0 amide bonds. The summed E-state index contributed by atoms with van der Waals surface area (Å²) in [4.78, 5) is 21.7. The van der Waals surface area contributed by atoms with Gasteiger partial charge in [0.25, 0.3) is 0 Å². The molecule has 0 fully saturated rings. The standard InChI is InChI=1S/C11H12N2O3S/c1-3-16-13-9(11(14)15)7(2)12-10(13)8-5-4-6-17-8/h4-6H,3H2,1-2H3,(H,14,15). The predicted molar refractivity (Wildman–Crippen MR) is 64.4 cm³/mol. The molecule has 0 bridgehead atoms. The average molecular weight is 252 g/mol. The zero-order valence-corrected chi connectivity index (χ0v) is 10.3. The zero-order chi connectivity index (χ0) is 12.4. The summed E-state index contributed by atoms with van der Waals surface area (Å²) >= 11 is 1.49. The lowest BCUT2D eigenvalue weighted by Crippen LogP contribution is -2.18. The van der Waals surface area contributed by atoms with Crippen molar-refractivity contribution >= 4 is 17.3 Å². The number of hydrogen-bond donors (Lipinski definition) is 1. The minimum absolute atomic E-state index is 0.0789. The lowest BCUT2D eigenvalue weighted by Gasteiger charge is -2.08.